The van der Waals surface area contributed by atoms with Crippen molar-refractivity contribution in [3.8, 4) is 6.07 Å². The minimum atomic E-state index is -0.961. The van der Waals surface area contributed by atoms with Crippen molar-refractivity contribution in [3.05, 3.63) is 57.8 Å². The molecule has 6 nitrogen and oxygen atoms in total. The molecule has 0 unspecified atom stereocenters. The second kappa shape index (κ2) is 9.90. The molecule has 7 heteroatoms. The molecular weight excluding hydrogens is 376 g/mol. The lowest BCUT2D eigenvalue weighted by Gasteiger charge is -2.14. The van der Waals surface area contributed by atoms with E-state index in [1.54, 1.807) is 31.2 Å². The Balaban J connectivity index is 2.17. The van der Waals surface area contributed by atoms with E-state index in [0.29, 0.717) is 29.4 Å². The van der Waals surface area contributed by atoms with Gasteiger partial charge in [-0.15, -0.1) is 11.8 Å². The van der Waals surface area contributed by atoms with Crippen molar-refractivity contribution >= 4 is 23.7 Å². The molecule has 1 aromatic heterocycles. The van der Waals surface area contributed by atoms with Crippen LogP contribution in [0.25, 0.3) is 0 Å². The maximum Gasteiger partial charge on any atom is 0.335 e. The van der Waals surface area contributed by atoms with Crippen molar-refractivity contribution in [2.24, 2.45) is 0 Å². The number of carbonyl (C=O) groups excluding carboxylic acids is 1. The minimum Gasteiger partial charge on any atom is -0.478 e. The summed E-state index contributed by atoms with van der Waals surface area (Å²) in [6.07, 6.45) is 0.740. The van der Waals surface area contributed by atoms with Crippen LogP contribution < -0.4 is 0 Å². The summed E-state index contributed by atoms with van der Waals surface area (Å²) in [5.74, 6) is -0.650. The van der Waals surface area contributed by atoms with E-state index < -0.39 is 5.97 Å². The van der Waals surface area contributed by atoms with Crippen LogP contribution in [0.1, 0.15) is 51.7 Å². The molecule has 0 aliphatic heterocycles. The van der Waals surface area contributed by atoms with Crippen molar-refractivity contribution in [3.63, 3.8) is 0 Å². The van der Waals surface area contributed by atoms with Gasteiger partial charge in [0.1, 0.15) is 11.1 Å². The highest BCUT2D eigenvalue weighted by Gasteiger charge is 2.16. The molecule has 146 valence electrons. The van der Waals surface area contributed by atoms with Gasteiger partial charge in [0.2, 0.25) is 0 Å². The van der Waals surface area contributed by atoms with Crippen molar-refractivity contribution in [1.29, 1.82) is 5.26 Å². The van der Waals surface area contributed by atoms with Crippen molar-refractivity contribution in [2.75, 3.05) is 6.61 Å². The van der Waals surface area contributed by atoms with Gasteiger partial charge in [0.15, 0.2) is 0 Å². The van der Waals surface area contributed by atoms with E-state index in [4.69, 9.17) is 9.84 Å². The number of esters is 1. The Kier molecular flexibility index (Phi) is 7.59. The van der Waals surface area contributed by atoms with E-state index in [0.717, 1.165) is 22.4 Å². The summed E-state index contributed by atoms with van der Waals surface area (Å²) in [7, 11) is 0. The summed E-state index contributed by atoms with van der Waals surface area (Å²) in [5, 5.41) is 19.2. The number of rotatable bonds is 8. The van der Waals surface area contributed by atoms with Crippen molar-refractivity contribution < 1.29 is 19.4 Å². The summed E-state index contributed by atoms with van der Waals surface area (Å²) < 4.78 is 4.97. The number of aromatic nitrogens is 1. The lowest BCUT2D eigenvalue weighted by molar-refractivity contribution is -0.143. The number of nitrogens with zero attached hydrogens (tertiary/aromatic N) is 2. The normalized spacial score (nSPS) is 10.4. The Morgan fingerprint density at radius 1 is 1.25 bits per heavy atom. The van der Waals surface area contributed by atoms with Gasteiger partial charge in [-0.2, -0.15) is 5.26 Å². The largest absolute Gasteiger partial charge is 0.478 e. The Labute approximate surface area is 168 Å². The van der Waals surface area contributed by atoms with E-state index in [-0.39, 0.29) is 18.0 Å². The van der Waals surface area contributed by atoms with E-state index >= 15 is 0 Å². The molecule has 0 aliphatic carbocycles. The zero-order valence-electron chi connectivity index (χ0n) is 16.1. The van der Waals surface area contributed by atoms with Crippen LogP contribution in [0.15, 0.2) is 29.3 Å². The average Bonchev–Trinajstić information content (AvgIpc) is 2.66. The number of hydrogen-bond donors (Lipinski definition) is 1. The number of ether oxygens (including phenoxy) is 1. The van der Waals surface area contributed by atoms with E-state index in [1.807, 2.05) is 13.8 Å². The molecule has 0 amide bonds. The molecule has 0 saturated heterocycles. The molecule has 1 N–H and O–H groups in total. The highest BCUT2D eigenvalue weighted by molar-refractivity contribution is 7.98. The average molecular weight is 398 g/mol. The SMILES string of the molecule is CCOC(=O)CCc1c(C)nc(SCc2ccc(C(=O)O)cc2)c(C#N)c1C. The van der Waals surface area contributed by atoms with Crippen LogP contribution in [0.4, 0.5) is 0 Å². The van der Waals surface area contributed by atoms with Crippen LogP contribution in [0.3, 0.4) is 0 Å². The first-order chi connectivity index (χ1) is 13.4. The molecule has 2 aromatic rings. The van der Waals surface area contributed by atoms with Crippen LogP contribution in [-0.4, -0.2) is 28.6 Å². The number of nitriles is 1. The topological polar surface area (TPSA) is 100 Å². The zero-order chi connectivity index (χ0) is 20.7. The molecule has 0 radical (unpaired) electrons. The number of thioether (sulfide) groups is 1. The molecule has 1 aromatic carbocycles. The minimum absolute atomic E-state index is 0.238. The first-order valence-electron chi connectivity index (χ1n) is 8.88. The van der Waals surface area contributed by atoms with Gasteiger partial charge in [-0.3, -0.25) is 4.79 Å². The Bertz CT molecular complexity index is 917. The van der Waals surface area contributed by atoms with Gasteiger partial charge >= 0.3 is 11.9 Å². The molecule has 0 bridgehead atoms. The molecule has 0 aliphatic rings. The molecule has 0 saturated carbocycles. The Morgan fingerprint density at radius 2 is 1.93 bits per heavy atom. The lowest BCUT2D eigenvalue weighted by atomic mass is 9.99. The predicted octanol–water partition coefficient (Wildman–Crippen LogP) is 4.06. The Hall–Kier alpha value is -2.85. The van der Waals surface area contributed by atoms with Gasteiger partial charge in [-0.1, -0.05) is 12.1 Å². The number of aryl methyl sites for hydroxylation is 1. The molecule has 1 heterocycles. The molecule has 0 atom stereocenters. The first kappa shape index (κ1) is 21.5. The number of pyridine rings is 1. The third-order valence-electron chi connectivity index (χ3n) is 4.32. The Morgan fingerprint density at radius 3 is 2.50 bits per heavy atom. The van der Waals surface area contributed by atoms with Gasteiger partial charge in [0.05, 0.1) is 17.7 Å². The number of benzene rings is 1. The molecule has 0 spiro atoms. The number of aromatic carboxylic acids is 1. The first-order valence-corrected chi connectivity index (χ1v) is 9.86. The molecule has 28 heavy (non-hydrogen) atoms. The maximum absolute atomic E-state index is 11.6. The van der Waals surface area contributed by atoms with Gasteiger partial charge < -0.3 is 9.84 Å². The fourth-order valence-corrected chi connectivity index (χ4v) is 3.86. The highest BCUT2D eigenvalue weighted by Crippen LogP contribution is 2.30. The second-order valence-corrected chi connectivity index (χ2v) is 7.15. The summed E-state index contributed by atoms with van der Waals surface area (Å²) in [6.45, 7) is 5.87. The number of carboxylic acid groups (broad SMARTS) is 1. The van der Waals surface area contributed by atoms with Gasteiger partial charge in [0, 0.05) is 17.9 Å². The molecule has 0 fully saturated rings. The van der Waals surface area contributed by atoms with Gasteiger partial charge in [0.25, 0.3) is 0 Å². The third-order valence-corrected chi connectivity index (χ3v) is 5.37. The van der Waals surface area contributed by atoms with Crippen LogP contribution in [0, 0.1) is 25.2 Å². The number of hydrogen-bond acceptors (Lipinski definition) is 6. The fraction of sp³-hybridized carbons (Fsp3) is 0.333. The monoisotopic (exact) mass is 398 g/mol. The summed E-state index contributed by atoms with van der Waals surface area (Å²) in [4.78, 5) is 27.2. The smallest absolute Gasteiger partial charge is 0.335 e. The summed E-state index contributed by atoms with van der Waals surface area (Å²) >= 11 is 1.44. The van der Waals surface area contributed by atoms with Gasteiger partial charge in [-0.05, 0) is 56.0 Å². The standard InChI is InChI=1S/C21H22N2O4S/c1-4-27-19(24)10-9-17-13(2)18(11-22)20(23-14(17)3)28-12-15-5-7-16(8-6-15)21(25)26/h5-8H,4,9-10,12H2,1-3H3,(H,25,26). The number of carbonyl (C=O) groups is 2. The van der Waals surface area contributed by atoms with E-state index in [9.17, 15) is 14.9 Å². The predicted molar refractivity (Wildman–Crippen MR) is 106 cm³/mol. The highest BCUT2D eigenvalue weighted by atomic mass is 32.2. The third kappa shape index (κ3) is 5.33. The van der Waals surface area contributed by atoms with Crippen LogP contribution in [0.2, 0.25) is 0 Å². The summed E-state index contributed by atoms with van der Waals surface area (Å²) in [6, 6.07) is 8.87. The van der Waals surface area contributed by atoms with E-state index in [2.05, 4.69) is 11.1 Å². The second-order valence-electron chi connectivity index (χ2n) is 6.19. The summed E-state index contributed by atoms with van der Waals surface area (Å²) in [5.41, 5.74) is 4.23. The van der Waals surface area contributed by atoms with Gasteiger partial charge in [-0.25, -0.2) is 9.78 Å². The fourth-order valence-electron chi connectivity index (χ4n) is 2.82. The lowest BCUT2D eigenvalue weighted by Crippen LogP contribution is -2.09. The van der Waals surface area contributed by atoms with E-state index in [1.165, 1.54) is 11.8 Å². The maximum atomic E-state index is 11.6. The molecular formula is C21H22N2O4S. The quantitative estimate of drug-likeness (QED) is 0.529. The van der Waals surface area contributed by atoms with Crippen LogP contribution in [-0.2, 0) is 21.7 Å². The van der Waals surface area contributed by atoms with Crippen molar-refractivity contribution in [1.82, 2.24) is 4.98 Å². The zero-order valence-corrected chi connectivity index (χ0v) is 16.9. The van der Waals surface area contributed by atoms with Crippen LogP contribution in [0.5, 0.6) is 0 Å². The number of carboxylic acids is 1. The molecule has 2 rings (SSSR count). The van der Waals surface area contributed by atoms with Crippen LogP contribution >= 0.6 is 11.8 Å². The van der Waals surface area contributed by atoms with Crippen molar-refractivity contribution in [2.45, 2.75) is 44.4 Å².